The molecule has 0 saturated carbocycles. The maximum atomic E-state index is 14.1. The molecule has 12 heteroatoms. The Kier molecular flexibility index (Phi) is 5.73. The highest BCUT2D eigenvalue weighted by Gasteiger charge is 2.47. The molecule has 0 aliphatic carbocycles. The van der Waals surface area contributed by atoms with Gasteiger partial charge in [0.1, 0.15) is 5.82 Å². The number of anilines is 3. The van der Waals surface area contributed by atoms with Crippen molar-refractivity contribution in [3.8, 4) is 17.0 Å². The van der Waals surface area contributed by atoms with Crippen LogP contribution in [0.3, 0.4) is 0 Å². The molecule has 31 heavy (non-hydrogen) atoms. The van der Waals surface area contributed by atoms with Gasteiger partial charge in [0.25, 0.3) is 5.92 Å². The number of alkyl halides is 4. The van der Waals surface area contributed by atoms with Crippen LogP contribution >= 0.6 is 0 Å². The van der Waals surface area contributed by atoms with Crippen molar-refractivity contribution in [1.29, 1.82) is 0 Å². The van der Waals surface area contributed by atoms with Crippen LogP contribution in [0.25, 0.3) is 11.3 Å². The van der Waals surface area contributed by atoms with E-state index >= 15 is 0 Å². The van der Waals surface area contributed by atoms with Crippen molar-refractivity contribution in [2.45, 2.75) is 31.9 Å². The number of pyridine rings is 1. The van der Waals surface area contributed by atoms with Crippen LogP contribution in [0.5, 0.6) is 5.75 Å². The fourth-order valence-corrected chi connectivity index (χ4v) is 3.61. The Morgan fingerprint density at radius 2 is 1.94 bits per heavy atom. The Bertz CT molecular complexity index is 942. The zero-order valence-electron chi connectivity index (χ0n) is 16.8. The van der Waals surface area contributed by atoms with Crippen LogP contribution < -0.4 is 20.3 Å². The minimum atomic E-state index is -3.07. The number of ether oxygens (including phenoxy) is 2. The van der Waals surface area contributed by atoms with Gasteiger partial charge >= 0.3 is 6.61 Å². The summed E-state index contributed by atoms with van der Waals surface area (Å²) >= 11 is 0. The lowest BCUT2D eigenvalue weighted by molar-refractivity contribution is -0.0494. The van der Waals surface area contributed by atoms with E-state index in [0.29, 0.717) is 43.4 Å². The number of nitrogens with two attached hydrogens (primary N) is 1. The summed E-state index contributed by atoms with van der Waals surface area (Å²) in [5.41, 5.74) is 6.31. The molecule has 0 radical (unpaired) electrons. The third-order valence-corrected chi connectivity index (χ3v) is 5.45. The lowest BCUT2D eigenvalue weighted by Gasteiger charge is -2.30. The van der Waals surface area contributed by atoms with Crippen LogP contribution in [-0.4, -0.2) is 66.4 Å². The van der Waals surface area contributed by atoms with Crippen LogP contribution in [0.2, 0.25) is 0 Å². The number of hydrogen-bond donors (Lipinski definition) is 1. The topological polar surface area (TPSA) is 89.6 Å². The van der Waals surface area contributed by atoms with E-state index in [9.17, 15) is 17.6 Å². The largest absolute Gasteiger partial charge is 0.431 e. The SMILES string of the molecule is CC1N(c2nc(-c3cnc(N)c(OC(F)F)c3)cc(N3CCOCC3)n2)CCC1(F)F. The normalized spacial score (nSPS) is 21.0. The molecule has 4 rings (SSSR count). The quantitative estimate of drug-likeness (QED) is 0.708. The van der Waals surface area contributed by atoms with Gasteiger partial charge in [-0.1, -0.05) is 0 Å². The van der Waals surface area contributed by atoms with E-state index in [4.69, 9.17) is 10.5 Å². The zero-order chi connectivity index (χ0) is 22.2. The fourth-order valence-electron chi connectivity index (χ4n) is 3.61. The zero-order valence-corrected chi connectivity index (χ0v) is 16.8. The molecule has 2 aromatic rings. The summed E-state index contributed by atoms with van der Waals surface area (Å²) in [6.45, 7) is 0.599. The molecule has 8 nitrogen and oxygen atoms in total. The molecule has 168 valence electrons. The van der Waals surface area contributed by atoms with Crippen LogP contribution in [0.15, 0.2) is 18.3 Å². The first kappa shape index (κ1) is 21.3. The molecule has 1 unspecified atom stereocenters. The molecular weight excluding hydrogens is 420 g/mol. The molecular formula is C19H22F4N6O2. The first-order valence-corrected chi connectivity index (χ1v) is 9.81. The van der Waals surface area contributed by atoms with Gasteiger partial charge in [0.05, 0.1) is 24.9 Å². The van der Waals surface area contributed by atoms with E-state index < -0.39 is 18.6 Å². The number of morpholine rings is 1. The third kappa shape index (κ3) is 4.43. The Labute approximate surface area is 176 Å². The second-order valence-corrected chi connectivity index (χ2v) is 7.38. The third-order valence-electron chi connectivity index (χ3n) is 5.45. The Morgan fingerprint density at radius 1 is 1.19 bits per heavy atom. The molecule has 1 atom stereocenters. The van der Waals surface area contributed by atoms with Crippen molar-refractivity contribution < 1.29 is 27.0 Å². The number of nitrogens with zero attached hydrogens (tertiary/aromatic N) is 5. The molecule has 0 aromatic carbocycles. The van der Waals surface area contributed by atoms with E-state index in [0.717, 1.165) is 0 Å². The van der Waals surface area contributed by atoms with Crippen LogP contribution in [0, 0.1) is 0 Å². The van der Waals surface area contributed by atoms with Crippen LogP contribution in [-0.2, 0) is 4.74 Å². The second kappa shape index (κ2) is 8.33. The maximum absolute atomic E-state index is 14.1. The van der Waals surface area contributed by atoms with Gasteiger partial charge in [-0.05, 0) is 13.0 Å². The number of rotatable bonds is 5. The molecule has 0 spiro atoms. The Hall–Kier alpha value is -2.89. The molecule has 0 amide bonds. The Balaban J connectivity index is 1.77. The lowest BCUT2D eigenvalue weighted by Crippen LogP contribution is -2.39. The number of nitrogen functional groups attached to an aromatic ring is 1. The van der Waals surface area contributed by atoms with E-state index in [1.54, 1.807) is 6.07 Å². The summed E-state index contributed by atoms with van der Waals surface area (Å²) in [7, 11) is 0. The highest BCUT2D eigenvalue weighted by Crippen LogP contribution is 2.37. The summed E-state index contributed by atoms with van der Waals surface area (Å²) in [4.78, 5) is 16.3. The summed E-state index contributed by atoms with van der Waals surface area (Å²) in [6.07, 6.45) is 1.06. The minimum Gasteiger partial charge on any atom is -0.431 e. The highest BCUT2D eigenvalue weighted by atomic mass is 19.3. The van der Waals surface area contributed by atoms with Crippen molar-refractivity contribution >= 4 is 17.6 Å². The van der Waals surface area contributed by atoms with Gasteiger partial charge in [0, 0.05) is 43.9 Å². The maximum Gasteiger partial charge on any atom is 0.387 e. The summed E-state index contributed by atoms with van der Waals surface area (Å²) in [5.74, 6) is -2.68. The molecule has 2 aromatic heterocycles. The van der Waals surface area contributed by atoms with Crippen molar-refractivity contribution in [3.05, 3.63) is 18.3 Å². The van der Waals surface area contributed by atoms with Gasteiger partial charge in [-0.25, -0.2) is 18.7 Å². The number of hydrogen-bond acceptors (Lipinski definition) is 8. The first-order valence-electron chi connectivity index (χ1n) is 9.81. The van der Waals surface area contributed by atoms with Gasteiger partial charge in [-0.2, -0.15) is 13.8 Å². The molecule has 2 N–H and O–H groups in total. The van der Waals surface area contributed by atoms with E-state index in [2.05, 4.69) is 19.7 Å². The van der Waals surface area contributed by atoms with Gasteiger partial charge < -0.3 is 25.0 Å². The lowest BCUT2D eigenvalue weighted by atomic mass is 10.2. The average molecular weight is 442 g/mol. The molecule has 2 aliphatic rings. The number of halogens is 4. The van der Waals surface area contributed by atoms with Gasteiger partial charge in [0.2, 0.25) is 5.95 Å². The van der Waals surface area contributed by atoms with Crippen LogP contribution in [0.1, 0.15) is 13.3 Å². The summed E-state index contributed by atoms with van der Waals surface area (Å²) in [5, 5.41) is 0. The Morgan fingerprint density at radius 3 is 2.58 bits per heavy atom. The average Bonchev–Trinajstić information content (AvgIpc) is 3.02. The monoisotopic (exact) mass is 442 g/mol. The van der Waals surface area contributed by atoms with E-state index in [-0.39, 0.29) is 30.5 Å². The molecule has 4 heterocycles. The van der Waals surface area contributed by atoms with E-state index in [1.807, 2.05) is 4.90 Å². The summed E-state index contributed by atoms with van der Waals surface area (Å²) in [6, 6.07) is 1.88. The predicted octanol–water partition coefficient (Wildman–Crippen LogP) is 2.79. The molecule has 2 saturated heterocycles. The highest BCUT2D eigenvalue weighted by molar-refractivity contribution is 5.68. The molecule has 2 aliphatic heterocycles. The van der Waals surface area contributed by atoms with Gasteiger partial charge in [-0.3, -0.25) is 0 Å². The number of aromatic nitrogens is 3. The van der Waals surface area contributed by atoms with E-state index in [1.165, 1.54) is 24.1 Å². The molecule has 2 fully saturated rings. The standard InChI is InChI=1S/C19H22F4N6O2/c1-11-19(22,23)2-3-29(11)18-26-13(9-15(27-18)28-4-6-30-7-5-28)12-8-14(31-17(20)21)16(24)25-10-12/h8-11,17H,2-7H2,1H3,(H2,24,25). The van der Waals surface area contributed by atoms with Crippen LogP contribution in [0.4, 0.5) is 35.1 Å². The summed E-state index contributed by atoms with van der Waals surface area (Å²) < 4.78 is 63.5. The van der Waals surface area contributed by atoms with Crippen molar-refractivity contribution in [3.63, 3.8) is 0 Å². The molecule has 0 bridgehead atoms. The predicted molar refractivity (Wildman–Crippen MR) is 106 cm³/mol. The van der Waals surface area contributed by atoms with Crippen molar-refractivity contribution in [2.75, 3.05) is 48.4 Å². The van der Waals surface area contributed by atoms with Crippen molar-refractivity contribution in [2.24, 2.45) is 0 Å². The smallest absolute Gasteiger partial charge is 0.387 e. The first-order chi connectivity index (χ1) is 14.7. The van der Waals surface area contributed by atoms with Gasteiger partial charge in [-0.15, -0.1) is 0 Å². The fraction of sp³-hybridized carbons (Fsp3) is 0.526. The van der Waals surface area contributed by atoms with Gasteiger partial charge in [0.15, 0.2) is 11.6 Å². The van der Waals surface area contributed by atoms with Crippen molar-refractivity contribution in [1.82, 2.24) is 15.0 Å². The second-order valence-electron chi connectivity index (χ2n) is 7.38. The minimum absolute atomic E-state index is 0.0971.